The summed E-state index contributed by atoms with van der Waals surface area (Å²) in [5, 5.41) is 13.1. The van der Waals surface area contributed by atoms with Gasteiger partial charge in [0.1, 0.15) is 17.9 Å². The van der Waals surface area contributed by atoms with Gasteiger partial charge in [-0.2, -0.15) is 0 Å². The van der Waals surface area contributed by atoms with Crippen molar-refractivity contribution in [1.82, 2.24) is 19.3 Å². The largest absolute Gasteiger partial charge is 0.480 e. The number of benzene rings is 2. The fourth-order valence-corrected chi connectivity index (χ4v) is 5.31. The third-order valence-corrected chi connectivity index (χ3v) is 7.43. The Kier molecular flexibility index (Phi) is 7.70. The highest BCUT2D eigenvalue weighted by atomic mass is 35.5. The summed E-state index contributed by atoms with van der Waals surface area (Å²) in [6.07, 6.45) is 3.83. The van der Waals surface area contributed by atoms with Gasteiger partial charge in [-0.05, 0) is 50.3 Å². The van der Waals surface area contributed by atoms with Crippen LogP contribution in [0.15, 0.2) is 71.7 Å². The second kappa shape index (κ2) is 11.3. The molecule has 0 radical (unpaired) electrons. The minimum Gasteiger partial charge on any atom is -0.480 e. The summed E-state index contributed by atoms with van der Waals surface area (Å²) < 4.78 is 3.42. The number of nitrogens with zero attached hydrogens (tertiary/aromatic N) is 4. The maximum atomic E-state index is 13.4. The zero-order valence-corrected chi connectivity index (χ0v) is 22.3. The molecule has 2 aromatic carbocycles. The number of rotatable bonds is 9. The molecule has 0 aliphatic carbocycles. The molecule has 0 bridgehead atoms. The van der Waals surface area contributed by atoms with Crippen LogP contribution in [-0.2, 0) is 22.6 Å². The van der Waals surface area contributed by atoms with Crippen LogP contribution >= 0.6 is 11.6 Å². The first-order chi connectivity index (χ1) is 18.9. The lowest BCUT2D eigenvalue weighted by Gasteiger charge is -2.29. The van der Waals surface area contributed by atoms with E-state index in [1.54, 1.807) is 18.3 Å². The third kappa shape index (κ3) is 5.54. The van der Waals surface area contributed by atoms with Gasteiger partial charge in [0.2, 0.25) is 11.7 Å². The molecule has 0 spiro atoms. The molecule has 1 aliphatic heterocycles. The zero-order valence-electron chi connectivity index (χ0n) is 21.6. The normalized spacial score (nSPS) is 15.9. The molecule has 1 amide bonds. The van der Waals surface area contributed by atoms with Crippen LogP contribution in [-0.4, -0.2) is 49.6 Å². The van der Waals surface area contributed by atoms with Gasteiger partial charge in [0.05, 0.1) is 5.69 Å². The quantitative estimate of drug-likeness (QED) is 0.328. The number of carboxylic acids is 1. The summed E-state index contributed by atoms with van der Waals surface area (Å²) in [6.45, 7) is 3.05. The molecule has 3 heterocycles. The summed E-state index contributed by atoms with van der Waals surface area (Å²) in [4.78, 5) is 45.2. The highest BCUT2D eigenvalue weighted by molar-refractivity contribution is 6.30. The Morgan fingerprint density at radius 2 is 1.90 bits per heavy atom. The lowest BCUT2D eigenvalue weighted by molar-refractivity contribution is -0.142. The number of aromatic nitrogens is 3. The van der Waals surface area contributed by atoms with E-state index < -0.39 is 18.1 Å². The van der Waals surface area contributed by atoms with Gasteiger partial charge in [0.15, 0.2) is 0 Å². The number of aliphatic carboxylic acids is 1. The molecule has 0 unspecified atom stereocenters. The van der Waals surface area contributed by atoms with Gasteiger partial charge in [-0.15, -0.1) is 0 Å². The van der Waals surface area contributed by atoms with Gasteiger partial charge >= 0.3 is 5.97 Å². The van der Waals surface area contributed by atoms with E-state index in [2.05, 4.69) is 5.32 Å². The second-order valence-corrected chi connectivity index (χ2v) is 10.1. The van der Waals surface area contributed by atoms with E-state index in [0.29, 0.717) is 48.2 Å². The number of halogens is 1. The van der Waals surface area contributed by atoms with E-state index in [0.717, 1.165) is 17.5 Å². The number of aryl methyl sites for hydroxylation is 2. The Bertz CT molecular complexity index is 1550. The SMILES string of the molecule is CCn1c(N2CCC[C@H]2C(=O)N[C@@H](CCc2ccccc2)C(=O)O)cc(=O)n2cc(-c3ccc(Cl)cc3)nc12. The third-order valence-electron chi connectivity index (χ3n) is 7.18. The molecule has 39 heavy (non-hydrogen) atoms. The van der Waals surface area contributed by atoms with E-state index in [4.69, 9.17) is 16.6 Å². The van der Waals surface area contributed by atoms with Crippen LogP contribution in [0.5, 0.6) is 0 Å². The molecular weight excluding hydrogens is 518 g/mol. The van der Waals surface area contributed by atoms with Crippen molar-refractivity contribution in [1.29, 1.82) is 0 Å². The van der Waals surface area contributed by atoms with Crippen molar-refractivity contribution < 1.29 is 14.7 Å². The first kappa shape index (κ1) is 26.5. The van der Waals surface area contributed by atoms with Gasteiger partial charge in [-0.3, -0.25) is 18.6 Å². The molecule has 1 aliphatic rings. The molecule has 5 rings (SSSR count). The van der Waals surface area contributed by atoms with Crippen molar-refractivity contribution >= 4 is 35.1 Å². The predicted octanol–water partition coefficient (Wildman–Crippen LogP) is 4.01. The summed E-state index contributed by atoms with van der Waals surface area (Å²) in [6, 6.07) is 16.8. The standard InChI is InChI=1S/C29H30ClN5O4/c1-2-33-25(17-26(36)35-18-23(32-29(33)35)20-11-13-21(30)14-12-20)34-16-6-9-24(34)27(37)31-22(28(38)39)15-10-19-7-4-3-5-8-19/h3-5,7-8,11-14,17-18,22,24H,2,6,9-10,15-16H2,1H3,(H,31,37)(H,38,39)/t22-,24-/m0/s1. The van der Waals surface area contributed by atoms with Crippen molar-refractivity contribution in [3.8, 4) is 11.3 Å². The lowest BCUT2D eigenvalue weighted by Crippen LogP contribution is -2.50. The lowest BCUT2D eigenvalue weighted by atomic mass is 10.0. The van der Waals surface area contributed by atoms with Crippen molar-refractivity contribution in [2.75, 3.05) is 11.4 Å². The topological polar surface area (TPSA) is 109 Å². The van der Waals surface area contributed by atoms with Crippen LogP contribution in [0.4, 0.5) is 5.82 Å². The molecule has 10 heteroatoms. The van der Waals surface area contributed by atoms with Crippen LogP contribution < -0.4 is 15.8 Å². The Morgan fingerprint density at radius 1 is 1.15 bits per heavy atom. The molecule has 1 fully saturated rings. The molecule has 1 saturated heterocycles. The number of fused-ring (bicyclic) bond motifs is 1. The van der Waals surface area contributed by atoms with Crippen LogP contribution in [0.25, 0.3) is 17.0 Å². The van der Waals surface area contributed by atoms with Crippen LogP contribution in [0.1, 0.15) is 31.7 Å². The first-order valence-corrected chi connectivity index (χ1v) is 13.5. The average molecular weight is 548 g/mol. The van der Waals surface area contributed by atoms with Crippen molar-refractivity contribution in [3.63, 3.8) is 0 Å². The predicted molar refractivity (Wildman–Crippen MR) is 150 cm³/mol. The summed E-state index contributed by atoms with van der Waals surface area (Å²) in [5.74, 6) is -0.352. The fraction of sp³-hybridized carbons (Fsp3) is 0.310. The molecule has 2 atom stereocenters. The summed E-state index contributed by atoms with van der Waals surface area (Å²) in [5.41, 5.74) is 2.23. The zero-order chi connectivity index (χ0) is 27.5. The number of anilines is 1. The Balaban J connectivity index is 1.41. The Hall–Kier alpha value is -4.11. The molecular formula is C29H30ClN5O4. The molecule has 0 saturated carbocycles. The van der Waals surface area contributed by atoms with E-state index in [9.17, 15) is 19.5 Å². The number of carboxylic acid groups (broad SMARTS) is 1. The number of hydrogen-bond donors (Lipinski definition) is 2. The average Bonchev–Trinajstić information content (AvgIpc) is 3.60. The van der Waals surface area contributed by atoms with E-state index in [-0.39, 0.29) is 17.9 Å². The van der Waals surface area contributed by atoms with Gasteiger partial charge < -0.3 is 15.3 Å². The smallest absolute Gasteiger partial charge is 0.326 e. The van der Waals surface area contributed by atoms with E-state index >= 15 is 0 Å². The van der Waals surface area contributed by atoms with Gasteiger partial charge in [-0.1, -0.05) is 54.1 Å². The number of carbonyl (C=O) groups excluding carboxylic acids is 1. The van der Waals surface area contributed by atoms with E-state index in [1.165, 1.54) is 10.5 Å². The molecule has 9 nitrogen and oxygen atoms in total. The fourth-order valence-electron chi connectivity index (χ4n) is 5.18. The van der Waals surface area contributed by atoms with Gasteiger partial charge in [0.25, 0.3) is 5.56 Å². The number of imidazole rings is 1. The minimum absolute atomic E-state index is 0.255. The number of hydrogen-bond acceptors (Lipinski definition) is 5. The Morgan fingerprint density at radius 3 is 2.59 bits per heavy atom. The highest BCUT2D eigenvalue weighted by Crippen LogP contribution is 2.28. The molecule has 2 aromatic heterocycles. The van der Waals surface area contributed by atoms with Crippen LogP contribution in [0, 0.1) is 0 Å². The number of nitrogens with one attached hydrogen (secondary N) is 1. The molecule has 202 valence electrons. The van der Waals surface area contributed by atoms with Crippen molar-refractivity contribution in [2.24, 2.45) is 0 Å². The van der Waals surface area contributed by atoms with Crippen molar-refractivity contribution in [2.45, 2.75) is 51.2 Å². The van der Waals surface area contributed by atoms with Gasteiger partial charge in [0, 0.05) is 35.9 Å². The number of amides is 1. The van der Waals surface area contributed by atoms with E-state index in [1.807, 2.05) is 58.9 Å². The maximum Gasteiger partial charge on any atom is 0.326 e. The van der Waals surface area contributed by atoms with Crippen LogP contribution in [0.3, 0.4) is 0 Å². The Labute approximate surface area is 230 Å². The highest BCUT2D eigenvalue weighted by Gasteiger charge is 2.35. The number of carbonyl (C=O) groups is 2. The van der Waals surface area contributed by atoms with Crippen molar-refractivity contribution in [3.05, 3.63) is 87.8 Å². The molecule has 2 N–H and O–H groups in total. The monoisotopic (exact) mass is 547 g/mol. The first-order valence-electron chi connectivity index (χ1n) is 13.1. The van der Waals surface area contributed by atoms with Gasteiger partial charge in [-0.25, -0.2) is 9.78 Å². The summed E-state index contributed by atoms with van der Waals surface area (Å²) in [7, 11) is 0. The molecule has 4 aromatic rings. The summed E-state index contributed by atoms with van der Waals surface area (Å²) >= 11 is 6.03. The van der Waals surface area contributed by atoms with Crippen LogP contribution in [0.2, 0.25) is 5.02 Å². The maximum absolute atomic E-state index is 13.4. The minimum atomic E-state index is -1.07. The second-order valence-electron chi connectivity index (χ2n) is 9.66.